The van der Waals surface area contributed by atoms with E-state index in [9.17, 15) is 13.6 Å². The van der Waals surface area contributed by atoms with Crippen LogP contribution in [0, 0.1) is 0 Å². The highest BCUT2D eigenvalue weighted by molar-refractivity contribution is 6.33. The standard InChI is InChI=1S/C12H12ClF2NO/c13-10-7-9(8-17)1-2-11(10)16-5-3-12(14,15)4-6-16/h1-2,7-8H,3-6H2. The molecule has 2 rings (SSSR count). The van der Waals surface area contributed by atoms with Crippen LogP contribution in [0.3, 0.4) is 0 Å². The van der Waals surface area contributed by atoms with Crippen LogP contribution in [-0.2, 0) is 0 Å². The maximum atomic E-state index is 13.0. The molecule has 1 aliphatic heterocycles. The molecular formula is C12H12ClF2NO. The molecule has 92 valence electrons. The third-order valence-electron chi connectivity index (χ3n) is 2.94. The van der Waals surface area contributed by atoms with Crippen molar-refractivity contribution in [1.29, 1.82) is 0 Å². The summed E-state index contributed by atoms with van der Waals surface area (Å²) in [6, 6.07) is 4.90. The predicted molar refractivity (Wildman–Crippen MR) is 63.2 cm³/mol. The molecule has 1 aliphatic rings. The number of aldehydes is 1. The Morgan fingerprint density at radius 2 is 1.94 bits per heavy atom. The zero-order chi connectivity index (χ0) is 12.5. The summed E-state index contributed by atoms with van der Waals surface area (Å²) in [4.78, 5) is 12.4. The molecule has 1 aromatic carbocycles. The zero-order valence-electron chi connectivity index (χ0n) is 9.13. The van der Waals surface area contributed by atoms with E-state index >= 15 is 0 Å². The van der Waals surface area contributed by atoms with Gasteiger partial charge >= 0.3 is 0 Å². The first-order chi connectivity index (χ1) is 8.02. The second-order valence-corrected chi connectivity index (χ2v) is 4.58. The fourth-order valence-electron chi connectivity index (χ4n) is 1.93. The largest absolute Gasteiger partial charge is 0.370 e. The molecule has 0 spiro atoms. The number of halogens is 3. The van der Waals surface area contributed by atoms with Crippen LogP contribution in [0.5, 0.6) is 0 Å². The monoisotopic (exact) mass is 259 g/mol. The van der Waals surface area contributed by atoms with E-state index in [2.05, 4.69) is 0 Å². The van der Waals surface area contributed by atoms with Gasteiger partial charge in [-0.1, -0.05) is 11.6 Å². The molecule has 2 nitrogen and oxygen atoms in total. The molecule has 5 heteroatoms. The van der Waals surface area contributed by atoms with Crippen LogP contribution in [0.15, 0.2) is 18.2 Å². The molecule has 0 unspecified atom stereocenters. The Morgan fingerprint density at radius 3 is 2.47 bits per heavy atom. The first-order valence-corrected chi connectivity index (χ1v) is 5.77. The first kappa shape index (κ1) is 12.3. The molecule has 0 atom stereocenters. The number of alkyl halides is 2. The van der Waals surface area contributed by atoms with E-state index in [1.54, 1.807) is 18.2 Å². The average Bonchev–Trinajstić information content (AvgIpc) is 2.29. The highest BCUT2D eigenvalue weighted by atomic mass is 35.5. The lowest BCUT2D eigenvalue weighted by molar-refractivity contribution is -0.0220. The van der Waals surface area contributed by atoms with E-state index in [1.165, 1.54) is 0 Å². The lowest BCUT2D eigenvalue weighted by Gasteiger charge is -2.33. The molecule has 0 aliphatic carbocycles. The van der Waals surface area contributed by atoms with Gasteiger partial charge in [-0.15, -0.1) is 0 Å². The Labute approximate surface area is 103 Å². The number of benzene rings is 1. The Bertz CT molecular complexity index is 427. The summed E-state index contributed by atoms with van der Waals surface area (Å²) in [5.74, 6) is -2.56. The number of hydrogen-bond acceptors (Lipinski definition) is 2. The van der Waals surface area contributed by atoms with Crippen LogP contribution in [0.1, 0.15) is 23.2 Å². The van der Waals surface area contributed by atoms with Gasteiger partial charge in [-0.3, -0.25) is 4.79 Å². The number of rotatable bonds is 2. The van der Waals surface area contributed by atoms with Crippen molar-refractivity contribution in [3.05, 3.63) is 28.8 Å². The van der Waals surface area contributed by atoms with Crippen LogP contribution >= 0.6 is 11.6 Å². The summed E-state index contributed by atoms with van der Waals surface area (Å²) in [5.41, 5.74) is 1.20. The third kappa shape index (κ3) is 2.75. The molecule has 1 saturated heterocycles. The predicted octanol–water partition coefficient (Wildman–Crippen LogP) is 3.39. The van der Waals surface area contributed by atoms with E-state index in [0.717, 1.165) is 0 Å². The highest BCUT2D eigenvalue weighted by Crippen LogP contribution is 2.33. The fourth-order valence-corrected chi connectivity index (χ4v) is 2.24. The summed E-state index contributed by atoms with van der Waals surface area (Å²) in [6.45, 7) is 0.570. The molecule has 17 heavy (non-hydrogen) atoms. The third-order valence-corrected chi connectivity index (χ3v) is 3.25. The Kier molecular flexibility index (Phi) is 3.33. The quantitative estimate of drug-likeness (QED) is 0.759. The maximum Gasteiger partial charge on any atom is 0.251 e. The fraction of sp³-hybridized carbons (Fsp3) is 0.417. The van der Waals surface area contributed by atoms with E-state index < -0.39 is 5.92 Å². The van der Waals surface area contributed by atoms with Crippen molar-refractivity contribution >= 4 is 23.6 Å². The smallest absolute Gasteiger partial charge is 0.251 e. The summed E-state index contributed by atoms with van der Waals surface area (Å²) in [7, 11) is 0. The normalized spacial score (nSPS) is 19.1. The number of hydrogen-bond donors (Lipinski definition) is 0. The molecule has 0 aromatic heterocycles. The van der Waals surface area contributed by atoms with Gasteiger partial charge < -0.3 is 4.90 Å². The van der Waals surface area contributed by atoms with Gasteiger partial charge in [0, 0.05) is 31.5 Å². The highest BCUT2D eigenvalue weighted by Gasteiger charge is 2.34. The second-order valence-electron chi connectivity index (χ2n) is 4.17. The number of carbonyl (C=O) groups excluding carboxylic acids is 1. The second kappa shape index (κ2) is 4.61. The van der Waals surface area contributed by atoms with E-state index in [1.807, 2.05) is 4.90 Å². The lowest BCUT2D eigenvalue weighted by Crippen LogP contribution is -2.39. The topological polar surface area (TPSA) is 20.3 Å². The minimum absolute atomic E-state index is 0.154. The SMILES string of the molecule is O=Cc1ccc(N2CCC(F)(F)CC2)c(Cl)c1. The van der Waals surface area contributed by atoms with Gasteiger partial charge in [0.1, 0.15) is 6.29 Å². The number of piperidine rings is 1. The van der Waals surface area contributed by atoms with Crippen LogP contribution in [-0.4, -0.2) is 25.3 Å². The summed E-state index contributed by atoms with van der Waals surface area (Å²) >= 11 is 6.02. The van der Waals surface area contributed by atoms with Crippen molar-refractivity contribution in [2.24, 2.45) is 0 Å². The van der Waals surface area contributed by atoms with Gasteiger partial charge in [-0.25, -0.2) is 8.78 Å². The van der Waals surface area contributed by atoms with Crippen LogP contribution in [0.25, 0.3) is 0 Å². The molecule has 1 fully saturated rings. The molecule has 0 amide bonds. The van der Waals surface area contributed by atoms with Gasteiger partial charge in [-0.2, -0.15) is 0 Å². The van der Waals surface area contributed by atoms with Crippen LogP contribution in [0.2, 0.25) is 5.02 Å². The minimum atomic E-state index is -2.56. The van der Waals surface area contributed by atoms with Crippen molar-refractivity contribution in [3.63, 3.8) is 0 Å². The summed E-state index contributed by atoms with van der Waals surface area (Å²) < 4.78 is 26.0. The molecular weight excluding hydrogens is 248 g/mol. The Morgan fingerprint density at radius 1 is 1.29 bits per heavy atom. The summed E-state index contributed by atoms with van der Waals surface area (Å²) in [6.07, 6.45) is 0.400. The van der Waals surface area contributed by atoms with Gasteiger partial charge in [0.25, 0.3) is 5.92 Å². The molecule has 0 N–H and O–H groups in total. The summed E-state index contributed by atoms with van der Waals surface area (Å²) in [5, 5.41) is 0.430. The van der Waals surface area contributed by atoms with Crippen molar-refractivity contribution in [2.75, 3.05) is 18.0 Å². The van der Waals surface area contributed by atoms with Crippen molar-refractivity contribution in [1.82, 2.24) is 0 Å². The first-order valence-electron chi connectivity index (χ1n) is 5.39. The van der Waals surface area contributed by atoms with E-state index in [-0.39, 0.29) is 25.9 Å². The number of anilines is 1. The van der Waals surface area contributed by atoms with Crippen molar-refractivity contribution in [2.45, 2.75) is 18.8 Å². The average molecular weight is 260 g/mol. The molecule has 0 radical (unpaired) electrons. The number of nitrogens with zero attached hydrogens (tertiary/aromatic N) is 1. The van der Waals surface area contributed by atoms with Crippen molar-refractivity contribution in [3.8, 4) is 0 Å². The maximum absolute atomic E-state index is 13.0. The Balaban J connectivity index is 2.16. The van der Waals surface area contributed by atoms with E-state index in [0.29, 0.717) is 22.6 Å². The van der Waals surface area contributed by atoms with Crippen LogP contribution in [0.4, 0.5) is 14.5 Å². The lowest BCUT2D eigenvalue weighted by atomic mass is 10.1. The minimum Gasteiger partial charge on any atom is -0.370 e. The molecule has 1 heterocycles. The Hall–Kier alpha value is -1.16. The van der Waals surface area contributed by atoms with Gasteiger partial charge in [0.15, 0.2) is 0 Å². The van der Waals surface area contributed by atoms with Gasteiger partial charge in [0.2, 0.25) is 0 Å². The van der Waals surface area contributed by atoms with E-state index in [4.69, 9.17) is 11.6 Å². The van der Waals surface area contributed by atoms with Crippen LogP contribution < -0.4 is 4.90 Å². The van der Waals surface area contributed by atoms with Crippen molar-refractivity contribution < 1.29 is 13.6 Å². The zero-order valence-corrected chi connectivity index (χ0v) is 9.88. The van der Waals surface area contributed by atoms with Gasteiger partial charge in [-0.05, 0) is 18.2 Å². The molecule has 1 aromatic rings. The van der Waals surface area contributed by atoms with Gasteiger partial charge in [0.05, 0.1) is 10.7 Å². The molecule has 0 bridgehead atoms. The number of carbonyl (C=O) groups is 1. The molecule has 0 saturated carbocycles.